The average Bonchev–Trinajstić information content (AvgIpc) is 2.30. The highest BCUT2D eigenvalue weighted by atomic mass is 28.3. The van der Waals surface area contributed by atoms with Crippen molar-refractivity contribution in [2.24, 2.45) is 0 Å². The van der Waals surface area contributed by atoms with Gasteiger partial charge in [0, 0.05) is 0 Å². The molecule has 0 aliphatic carbocycles. The van der Waals surface area contributed by atoms with Crippen molar-refractivity contribution in [2.45, 2.75) is 24.7 Å². The van der Waals surface area contributed by atoms with E-state index in [-0.39, 0.29) is 0 Å². The summed E-state index contributed by atoms with van der Waals surface area (Å²) in [5.41, 5.74) is 0. The summed E-state index contributed by atoms with van der Waals surface area (Å²) in [6.07, 6.45) is 18.4. The molecule has 0 rings (SSSR count). The fraction of sp³-hybridized carbons (Fsp3) is 0.250. The number of rotatable bonds is 9. The van der Waals surface area contributed by atoms with Crippen molar-refractivity contribution >= 4 is 8.07 Å². The lowest BCUT2D eigenvalue weighted by atomic mass is 10.5. The van der Waals surface area contributed by atoms with E-state index in [1.165, 1.54) is 18.1 Å². The third-order valence-electron chi connectivity index (χ3n) is 2.65. The molecule has 0 fully saturated rings. The molecule has 0 N–H and O–H groups in total. The molecule has 17 heavy (non-hydrogen) atoms. The molecule has 0 amide bonds. The van der Waals surface area contributed by atoms with Crippen molar-refractivity contribution in [2.75, 3.05) is 0 Å². The molecule has 0 spiro atoms. The maximum atomic E-state index is 3.71. The quantitative estimate of drug-likeness (QED) is 0.382. The first-order chi connectivity index (χ1) is 8.18. The Balaban J connectivity index is 4.52. The average molecular weight is 244 g/mol. The van der Waals surface area contributed by atoms with Gasteiger partial charge in [0.2, 0.25) is 0 Å². The van der Waals surface area contributed by atoms with Crippen LogP contribution in [0.5, 0.6) is 0 Å². The minimum atomic E-state index is -1.26. The van der Waals surface area contributed by atoms with Crippen LogP contribution in [-0.2, 0) is 0 Å². The van der Waals surface area contributed by atoms with Crippen LogP contribution >= 0.6 is 0 Å². The molecule has 0 aromatic heterocycles. The van der Waals surface area contributed by atoms with Gasteiger partial charge in [-0.3, -0.25) is 0 Å². The minimum absolute atomic E-state index is 1.18. The van der Waals surface area contributed by atoms with Crippen molar-refractivity contribution in [3.05, 3.63) is 74.4 Å². The molecule has 0 aliphatic heterocycles. The van der Waals surface area contributed by atoms with Crippen molar-refractivity contribution in [1.82, 2.24) is 0 Å². The van der Waals surface area contributed by atoms with Crippen LogP contribution in [0.3, 0.4) is 0 Å². The van der Waals surface area contributed by atoms with E-state index in [1.54, 1.807) is 0 Å². The van der Waals surface area contributed by atoms with E-state index < -0.39 is 8.07 Å². The van der Waals surface area contributed by atoms with E-state index in [4.69, 9.17) is 0 Å². The lowest BCUT2D eigenvalue weighted by Crippen LogP contribution is -2.27. The summed E-state index contributed by atoms with van der Waals surface area (Å²) in [6.45, 7) is 13.5. The smallest absolute Gasteiger partial charge is 0.0617 e. The van der Waals surface area contributed by atoms with Gasteiger partial charge < -0.3 is 0 Å². The van der Waals surface area contributed by atoms with Gasteiger partial charge in [0.25, 0.3) is 0 Å². The molecular formula is C16H24Si. The van der Waals surface area contributed by atoms with E-state index in [9.17, 15) is 0 Å². The van der Waals surface area contributed by atoms with Gasteiger partial charge >= 0.3 is 0 Å². The topological polar surface area (TPSA) is 0 Å². The summed E-state index contributed by atoms with van der Waals surface area (Å²) in [7, 11) is -1.26. The normalized spacial score (nSPS) is 15.4. The first-order valence-electron chi connectivity index (χ1n) is 6.01. The molecule has 0 heterocycles. The van der Waals surface area contributed by atoms with Crippen molar-refractivity contribution in [3.8, 4) is 0 Å². The summed E-state index contributed by atoms with van der Waals surface area (Å²) in [5, 5.41) is 0. The third kappa shape index (κ3) is 8.46. The van der Waals surface area contributed by atoms with Crippen LogP contribution < -0.4 is 0 Å². The molecule has 0 aliphatic rings. The maximum absolute atomic E-state index is 3.71. The summed E-state index contributed by atoms with van der Waals surface area (Å²) in [5.74, 6) is 0. The molecule has 0 bridgehead atoms. The Hall–Kier alpha value is -1.34. The van der Waals surface area contributed by atoms with Crippen LogP contribution in [0.2, 0.25) is 24.7 Å². The zero-order valence-corrected chi connectivity index (χ0v) is 11.9. The summed E-state index contributed by atoms with van der Waals surface area (Å²) in [4.78, 5) is 0. The Labute approximate surface area is 107 Å². The summed E-state index contributed by atoms with van der Waals surface area (Å²) >= 11 is 0. The molecule has 0 radical (unpaired) electrons. The number of hydrogen-bond acceptors (Lipinski definition) is 0. The van der Waals surface area contributed by atoms with Crippen molar-refractivity contribution < 1.29 is 0 Å². The molecule has 0 aromatic rings. The van der Waals surface area contributed by atoms with Gasteiger partial charge in [-0.25, -0.2) is 0 Å². The molecular weight excluding hydrogens is 220 g/mol. The Kier molecular flexibility index (Phi) is 9.07. The molecule has 0 nitrogen and oxygen atoms in total. The van der Waals surface area contributed by atoms with Gasteiger partial charge in [-0.1, -0.05) is 81.0 Å². The fourth-order valence-corrected chi connectivity index (χ4v) is 4.21. The van der Waals surface area contributed by atoms with E-state index in [0.717, 1.165) is 0 Å². The predicted octanol–water partition coefficient (Wildman–Crippen LogP) is 5.29. The van der Waals surface area contributed by atoms with Crippen LogP contribution in [0.4, 0.5) is 0 Å². The zero-order valence-electron chi connectivity index (χ0n) is 10.9. The van der Waals surface area contributed by atoms with Gasteiger partial charge in [0.1, 0.15) is 0 Å². The predicted molar refractivity (Wildman–Crippen MR) is 84.1 cm³/mol. The number of hydrogen-bond donors (Lipinski definition) is 0. The molecule has 92 valence electrons. The highest BCUT2D eigenvalue weighted by molar-refractivity contribution is 6.79. The van der Waals surface area contributed by atoms with Gasteiger partial charge in [-0.05, 0) is 18.1 Å². The molecule has 0 unspecified atom stereocenters. The first kappa shape index (κ1) is 15.7. The van der Waals surface area contributed by atoms with Crippen molar-refractivity contribution in [1.29, 1.82) is 0 Å². The van der Waals surface area contributed by atoms with Crippen LogP contribution in [0.1, 0.15) is 0 Å². The second-order valence-corrected chi connectivity index (χ2v) is 9.26. The second-order valence-electron chi connectivity index (χ2n) is 4.41. The van der Waals surface area contributed by atoms with E-state index in [0.29, 0.717) is 0 Å². The Bertz CT molecular complexity index is 268. The Morgan fingerprint density at radius 2 is 1.00 bits per heavy atom. The highest BCUT2D eigenvalue weighted by Gasteiger charge is 2.22. The molecule has 0 saturated carbocycles. The molecule has 0 atom stereocenters. The van der Waals surface area contributed by atoms with Gasteiger partial charge in [0.15, 0.2) is 0 Å². The largest absolute Gasteiger partial charge is 0.0991 e. The minimum Gasteiger partial charge on any atom is -0.0991 e. The Morgan fingerprint density at radius 1 is 0.706 bits per heavy atom. The van der Waals surface area contributed by atoms with Gasteiger partial charge in [-0.15, -0.1) is 0 Å². The van der Waals surface area contributed by atoms with E-state index in [1.807, 2.05) is 36.5 Å². The third-order valence-corrected chi connectivity index (χ3v) is 6.31. The zero-order chi connectivity index (χ0) is 13.0. The molecule has 1 heteroatoms. The summed E-state index contributed by atoms with van der Waals surface area (Å²) < 4.78 is 0. The first-order valence-corrected chi connectivity index (χ1v) is 9.13. The van der Waals surface area contributed by atoms with Crippen molar-refractivity contribution in [3.63, 3.8) is 0 Å². The van der Waals surface area contributed by atoms with Crippen LogP contribution in [0.25, 0.3) is 0 Å². The SMILES string of the molecule is C=CC=CC[Si](C)(CC=CC=C)CC=CC=C. The van der Waals surface area contributed by atoms with Crippen LogP contribution in [0.15, 0.2) is 74.4 Å². The number of allylic oxidation sites excluding steroid dienone is 9. The standard InChI is InChI=1S/C16H24Si/c1-5-8-11-14-17(4,15-12-9-6-2)16-13-10-7-3/h5-13H,1-3,14-16H2,4H3. The molecule has 0 saturated heterocycles. The van der Waals surface area contributed by atoms with Gasteiger partial charge in [0.05, 0.1) is 8.07 Å². The van der Waals surface area contributed by atoms with Crippen LogP contribution in [-0.4, -0.2) is 8.07 Å². The van der Waals surface area contributed by atoms with Gasteiger partial charge in [-0.2, -0.15) is 0 Å². The molecule has 0 aromatic carbocycles. The monoisotopic (exact) mass is 244 g/mol. The highest BCUT2D eigenvalue weighted by Crippen LogP contribution is 2.23. The maximum Gasteiger partial charge on any atom is 0.0617 e. The Morgan fingerprint density at radius 3 is 1.24 bits per heavy atom. The van der Waals surface area contributed by atoms with E-state index in [2.05, 4.69) is 44.5 Å². The summed E-state index contributed by atoms with van der Waals surface area (Å²) in [6, 6.07) is 3.55. The fourth-order valence-electron chi connectivity index (χ4n) is 1.60. The second kappa shape index (κ2) is 9.85. The lowest BCUT2D eigenvalue weighted by Gasteiger charge is -2.23. The lowest BCUT2D eigenvalue weighted by molar-refractivity contribution is 1.34. The van der Waals surface area contributed by atoms with E-state index >= 15 is 0 Å². The van der Waals surface area contributed by atoms with Crippen LogP contribution in [0, 0.1) is 0 Å².